The first-order valence-corrected chi connectivity index (χ1v) is 8.44. The molecule has 0 aromatic heterocycles. The van der Waals surface area contributed by atoms with Crippen LogP contribution in [-0.4, -0.2) is 19.2 Å². The summed E-state index contributed by atoms with van der Waals surface area (Å²) in [7, 11) is 0. The maximum absolute atomic E-state index is 11.3. The Bertz CT molecular complexity index is 607. The first kappa shape index (κ1) is 16.3. The van der Waals surface area contributed by atoms with Gasteiger partial charge >= 0.3 is 5.97 Å². The van der Waals surface area contributed by atoms with Gasteiger partial charge in [0.15, 0.2) is 0 Å². The number of carbonyl (C=O) groups is 1. The smallest absolute Gasteiger partial charge is 0.302 e. The van der Waals surface area contributed by atoms with E-state index >= 15 is 0 Å². The van der Waals surface area contributed by atoms with Crippen molar-refractivity contribution in [2.24, 2.45) is 23.2 Å². The SMILES string of the molecule is CC(=O)OC[C@@]12COC(c3ccccc3)[C@@H](C(C)=CC1C)C2C. The first-order chi connectivity index (χ1) is 11.0. The normalized spacial score (nSPS) is 36.3. The van der Waals surface area contributed by atoms with Gasteiger partial charge in [-0.3, -0.25) is 4.79 Å². The molecule has 0 spiro atoms. The fraction of sp³-hybridized carbons (Fsp3) is 0.550. The summed E-state index contributed by atoms with van der Waals surface area (Å²) in [4.78, 5) is 11.3. The lowest BCUT2D eigenvalue weighted by Crippen LogP contribution is -2.54. The number of fused-ring (bicyclic) bond motifs is 2. The number of allylic oxidation sites excluding steroid dienone is 1. The Kier molecular flexibility index (Phi) is 4.33. The minimum absolute atomic E-state index is 0.0837. The highest BCUT2D eigenvalue weighted by atomic mass is 16.5. The minimum Gasteiger partial charge on any atom is -0.465 e. The zero-order valence-electron chi connectivity index (χ0n) is 14.4. The molecule has 5 atom stereocenters. The van der Waals surface area contributed by atoms with Gasteiger partial charge in [0.1, 0.15) is 0 Å². The molecule has 3 rings (SSSR count). The molecule has 1 saturated heterocycles. The van der Waals surface area contributed by atoms with Crippen molar-refractivity contribution in [1.29, 1.82) is 0 Å². The highest BCUT2D eigenvalue weighted by molar-refractivity contribution is 5.66. The molecule has 1 aliphatic carbocycles. The highest BCUT2D eigenvalue weighted by Gasteiger charge is 2.54. The number of hydrogen-bond acceptors (Lipinski definition) is 3. The van der Waals surface area contributed by atoms with Crippen LogP contribution in [0.2, 0.25) is 0 Å². The summed E-state index contributed by atoms with van der Waals surface area (Å²) < 4.78 is 11.8. The summed E-state index contributed by atoms with van der Waals surface area (Å²) in [6.07, 6.45) is 2.44. The molecule has 3 nitrogen and oxygen atoms in total. The second-order valence-electron chi connectivity index (χ2n) is 7.17. The van der Waals surface area contributed by atoms with Crippen molar-refractivity contribution < 1.29 is 14.3 Å². The van der Waals surface area contributed by atoms with Crippen molar-refractivity contribution >= 4 is 5.97 Å². The van der Waals surface area contributed by atoms with Crippen molar-refractivity contribution in [3.63, 3.8) is 0 Å². The van der Waals surface area contributed by atoms with Crippen LogP contribution in [-0.2, 0) is 14.3 Å². The zero-order chi connectivity index (χ0) is 16.6. The van der Waals surface area contributed by atoms with E-state index in [0.29, 0.717) is 31.0 Å². The third kappa shape index (κ3) is 2.72. The van der Waals surface area contributed by atoms with Crippen LogP contribution < -0.4 is 0 Å². The van der Waals surface area contributed by atoms with Gasteiger partial charge in [0.25, 0.3) is 0 Å². The maximum atomic E-state index is 11.3. The third-order valence-electron chi connectivity index (χ3n) is 5.92. The van der Waals surface area contributed by atoms with E-state index in [9.17, 15) is 4.79 Å². The lowest BCUT2D eigenvalue weighted by atomic mass is 9.56. The van der Waals surface area contributed by atoms with Gasteiger partial charge in [-0.25, -0.2) is 0 Å². The van der Waals surface area contributed by atoms with Crippen LogP contribution in [0.5, 0.6) is 0 Å². The van der Waals surface area contributed by atoms with E-state index in [1.54, 1.807) is 0 Å². The molecule has 0 N–H and O–H groups in total. The monoisotopic (exact) mass is 314 g/mol. The molecule has 1 fully saturated rings. The Balaban J connectivity index is 1.95. The zero-order valence-corrected chi connectivity index (χ0v) is 14.4. The predicted molar refractivity (Wildman–Crippen MR) is 89.8 cm³/mol. The Hall–Kier alpha value is -1.61. The number of hydrogen-bond donors (Lipinski definition) is 0. The van der Waals surface area contributed by atoms with E-state index in [-0.39, 0.29) is 17.5 Å². The number of esters is 1. The second kappa shape index (κ2) is 6.12. The first-order valence-electron chi connectivity index (χ1n) is 8.44. The van der Waals surface area contributed by atoms with Gasteiger partial charge in [-0.2, -0.15) is 0 Å². The summed E-state index contributed by atoms with van der Waals surface area (Å²) in [5.74, 6) is 0.857. The predicted octanol–water partition coefficient (Wildman–Crippen LogP) is 4.16. The van der Waals surface area contributed by atoms with Crippen molar-refractivity contribution in [1.82, 2.24) is 0 Å². The fourth-order valence-electron chi connectivity index (χ4n) is 4.44. The average Bonchev–Trinajstić information content (AvgIpc) is 2.52. The van der Waals surface area contributed by atoms with Gasteiger partial charge in [0, 0.05) is 18.3 Å². The lowest BCUT2D eigenvalue weighted by Gasteiger charge is -2.55. The Morgan fingerprint density at radius 3 is 2.65 bits per heavy atom. The van der Waals surface area contributed by atoms with Crippen LogP contribution in [0.25, 0.3) is 0 Å². The molecule has 1 aromatic rings. The third-order valence-corrected chi connectivity index (χ3v) is 5.92. The minimum atomic E-state index is -0.216. The molecule has 0 saturated carbocycles. The summed E-state index contributed by atoms with van der Waals surface area (Å²) in [6, 6.07) is 10.4. The van der Waals surface area contributed by atoms with Crippen LogP contribution in [0.4, 0.5) is 0 Å². The van der Waals surface area contributed by atoms with E-state index in [1.807, 2.05) is 6.07 Å². The van der Waals surface area contributed by atoms with Crippen molar-refractivity contribution in [2.45, 2.75) is 33.8 Å². The van der Waals surface area contributed by atoms with E-state index in [0.717, 1.165) is 0 Å². The standard InChI is InChI=1S/C20H26O3/c1-13-10-14(2)20(11-22-16(4)21)12-23-19(18(13)15(20)3)17-8-6-5-7-9-17/h5-10,14-15,18-19H,11-12H2,1-4H3/t14?,15?,18-,19?,20+/m0/s1. The maximum Gasteiger partial charge on any atom is 0.302 e. The van der Waals surface area contributed by atoms with Gasteiger partial charge in [0.05, 0.1) is 19.3 Å². The largest absolute Gasteiger partial charge is 0.465 e. The molecule has 1 aromatic carbocycles. The topological polar surface area (TPSA) is 35.5 Å². The van der Waals surface area contributed by atoms with Gasteiger partial charge in [0.2, 0.25) is 0 Å². The van der Waals surface area contributed by atoms with E-state index in [4.69, 9.17) is 9.47 Å². The Labute approximate surface area is 138 Å². The summed E-state index contributed by atoms with van der Waals surface area (Å²) in [6.45, 7) is 9.25. The number of benzene rings is 1. The molecule has 2 aliphatic rings. The van der Waals surface area contributed by atoms with Gasteiger partial charge in [-0.05, 0) is 24.3 Å². The Morgan fingerprint density at radius 1 is 1.30 bits per heavy atom. The van der Waals surface area contributed by atoms with Crippen LogP contribution in [0.1, 0.15) is 39.4 Å². The van der Waals surface area contributed by atoms with Crippen LogP contribution in [0.3, 0.4) is 0 Å². The molecule has 2 bridgehead atoms. The quantitative estimate of drug-likeness (QED) is 0.621. The number of ether oxygens (including phenoxy) is 2. The van der Waals surface area contributed by atoms with Crippen molar-refractivity contribution in [2.75, 3.05) is 13.2 Å². The molecule has 3 heteroatoms. The molecule has 0 amide bonds. The number of carbonyl (C=O) groups excluding carboxylic acids is 1. The summed E-state index contributed by atoms with van der Waals surface area (Å²) in [5.41, 5.74) is 2.49. The molecule has 3 unspecified atom stereocenters. The molecular weight excluding hydrogens is 288 g/mol. The molecule has 1 aliphatic heterocycles. The van der Waals surface area contributed by atoms with Gasteiger partial charge < -0.3 is 9.47 Å². The van der Waals surface area contributed by atoms with Crippen LogP contribution >= 0.6 is 0 Å². The van der Waals surface area contributed by atoms with Gasteiger partial charge in [-0.15, -0.1) is 0 Å². The van der Waals surface area contributed by atoms with Crippen molar-refractivity contribution in [3.8, 4) is 0 Å². The molecular formula is C20H26O3. The van der Waals surface area contributed by atoms with Crippen LogP contribution in [0, 0.1) is 23.2 Å². The summed E-state index contributed by atoms with van der Waals surface area (Å²) in [5, 5.41) is 0. The summed E-state index contributed by atoms with van der Waals surface area (Å²) >= 11 is 0. The van der Waals surface area contributed by atoms with Gasteiger partial charge in [-0.1, -0.05) is 55.8 Å². The van der Waals surface area contributed by atoms with E-state index in [1.165, 1.54) is 18.1 Å². The average molecular weight is 314 g/mol. The Morgan fingerprint density at radius 2 is 2.00 bits per heavy atom. The lowest BCUT2D eigenvalue weighted by molar-refractivity contribution is -0.180. The van der Waals surface area contributed by atoms with Crippen LogP contribution in [0.15, 0.2) is 42.0 Å². The van der Waals surface area contributed by atoms with E-state index < -0.39 is 0 Å². The molecule has 124 valence electrons. The number of rotatable bonds is 3. The molecule has 0 radical (unpaired) electrons. The second-order valence-corrected chi connectivity index (χ2v) is 7.17. The van der Waals surface area contributed by atoms with Crippen molar-refractivity contribution in [3.05, 3.63) is 47.5 Å². The fourth-order valence-corrected chi connectivity index (χ4v) is 4.44. The highest BCUT2D eigenvalue weighted by Crippen LogP contribution is 2.56. The van der Waals surface area contributed by atoms with E-state index in [2.05, 4.69) is 51.1 Å². The molecule has 1 heterocycles. The molecule has 23 heavy (non-hydrogen) atoms.